The minimum absolute atomic E-state index is 0. The Bertz CT molecular complexity index is 862. The molecule has 0 bridgehead atoms. The number of hydrogen-bond donors (Lipinski definition) is 2. The van der Waals surface area contributed by atoms with Gasteiger partial charge in [-0.1, -0.05) is 12.1 Å². The van der Waals surface area contributed by atoms with E-state index in [1.54, 1.807) is 7.11 Å². The maximum atomic E-state index is 6.34. The van der Waals surface area contributed by atoms with E-state index in [1.165, 1.54) is 18.5 Å². The van der Waals surface area contributed by atoms with E-state index in [4.69, 9.17) is 14.5 Å². The maximum Gasteiger partial charge on any atom is 0.191 e. The summed E-state index contributed by atoms with van der Waals surface area (Å²) in [6, 6.07) is 8.14. The maximum absolute atomic E-state index is 6.34. The second-order valence-electron chi connectivity index (χ2n) is 8.10. The molecular weight excluding hydrogens is 517 g/mol. The average Bonchev–Trinajstić information content (AvgIpc) is 3.38. The molecule has 1 aromatic heterocycles. The first-order valence-corrected chi connectivity index (χ1v) is 11.5. The number of nitrogens with one attached hydrogen (secondary N) is 2. The van der Waals surface area contributed by atoms with Gasteiger partial charge >= 0.3 is 0 Å². The van der Waals surface area contributed by atoms with E-state index in [9.17, 15) is 0 Å². The Morgan fingerprint density at radius 1 is 1.22 bits per heavy atom. The van der Waals surface area contributed by atoms with E-state index in [0.29, 0.717) is 6.54 Å². The van der Waals surface area contributed by atoms with Gasteiger partial charge in [0.05, 0.1) is 25.5 Å². The molecule has 178 valence electrons. The third-order valence-electron chi connectivity index (χ3n) is 5.56. The van der Waals surface area contributed by atoms with Gasteiger partial charge in [0.15, 0.2) is 17.5 Å². The van der Waals surface area contributed by atoms with Crippen molar-refractivity contribution in [1.82, 2.24) is 20.4 Å². The molecule has 32 heavy (non-hydrogen) atoms. The molecule has 2 aromatic rings. The molecule has 0 spiro atoms. The van der Waals surface area contributed by atoms with Gasteiger partial charge in [0, 0.05) is 30.9 Å². The summed E-state index contributed by atoms with van der Waals surface area (Å²) in [5.41, 5.74) is 3.31. The smallest absolute Gasteiger partial charge is 0.191 e. The van der Waals surface area contributed by atoms with Crippen molar-refractivity contribution < 1.29 is 9.47 Å². The third kappa shape index (κ3) is 7.56. The molecule has 1 saturated carbocycles. The van der Waals surface area contributed by atoms with Crippen LogP contribution in [-0.4, -0.2) is 42.0 Å². The molecule has 1 aliphatic carbocycles. The van der Waals surface area contributed by atoms with Crippen LogP contribution in [0, 0.1) is 13.8 Å². The molecular formula is C24H38IN5O2. The number of aliphatic imine (C=N–C) groups is 1. The summed E-state index contributed by atoms with van der Waals surface area (Å²) in [6.07, 6.45) is 5.95. The van der Waals surface area contributed by atoms with Crippen LogP contribution in [-0.2, 0) is 13.1 Å². The minimum Gasteiger partial charge on any atom is -0.493 e. The molecule has 3 rings (SSSR count). The van der Waals surface area contributed by atoms with Crippen molar-refractivity contribution in [2.75, 3.05) is 20.2 Å². The molecule has 1 aromatic carbocycles. The summed E-state index contributed by atoms with van der Waals surface area (Å²) < 4.78 is 14.0. The summed E-state index contributed by atoms with van der Waals surface area (Å²) >= 11 is 0. The summed E-state index contributed by atoms with van der Waals surface area (Å²) in [5, 5.41) is 11.3. The molecule has 1 aliphatic rings. The number of benzene rings is 1. The molecule has 7 nitrogen and oxygen atoms in total. The summed E-state index contributed by atoms with van der Waals surface area (Å²) in [7, 11) is 1.69. The lowest BCUT2D eigenvalue weighted by molar-refractivity contribution is 0.198. The zero-order chi connectivity index (χ0) is 22.1. The number of aromatic nitrogens is 2. The second kappa shape index (κ2) is 13.5. The van der Waals surface area contributed by atoms with Gasteiger partial charge in [0.25, 0.3) is 0 Å². The van der Waals surface area contributed by atoms with E-state index in [-0.39, 0.29) is 30.1 Å². The van der Waals surface area contributed by atoms with Crippen LogP contribution in [0.2, 0.25) is 0 Å². The Morgan fingerprint density at radius 3 is 2.66 bits per heavy atom. The van der Waals surface area contributed by atoms with E-state index >= 15 is 0 Å². The van der Waals surface area contributed by atoms with E-state index in [0.717, 1.165) is 67.6 Å². The molecule has 0 atom stereocenters. The minimum atomic E-state index is 0. The second-order valence-corrected chi connectivity index (χ2v) is 8.10. The monoisotopic (exact) mass is 555 g/mol. The number of methoxy groups -OCH3 is 1. The predicted molar refractivity (Wildman–Crippen MR) is 140 cm³/mol. The molecule has 0 amide bonds. The standard InChI is InChI=1S/C24H37N5O2.HI/c1-5-25-24(26-14-9-15-29-19(3)16-18(2)28-29)27-17-20-10-8-13-22(30-4)23(20)31-21-11-6-7-12-21;/h8,10,13,16,21H,5-7,9,11-12,14-15,17H2,1-4H3,(H2,25,26,27);1H. The number of aryl methyl sites for hydroxylation is 3. The Kier molecular flexibility index (Phi) is 11.1. The normalized spacial score (nSPS) is 14.2. The predicted octanol–water partition coefficient (Wildman–Crippen LogP) is 4.59. The number of halogens is 1. The van der Waals surface area contributed by atoms with Crippen LogP contribution in [0.1, 0.15) is 56.0 Å². The van der Waals surface area contributed by atoms with Crippen LogP contribution in [0.25, 0.3) is 0 Å². The SMILES string of the molecule is CCNC(=NCc1cccc(OC)c1OC1CCCC1)NCCCn1nc(C)cc1C.I. The summed E-state index contributed by atoms with van der Waals surface area (Å²) in [4.78, 5) is 4.80. The average molecular weight is 556 g/mol. The van der Waals surface area contributed by atoms with Gasteiger partial charge < -0.3 is 20.1 Å². The fraction of sp³-hybridized carbons (Fsp3) is 0.583. The molecule has 0 saturated heterocycles. The van der Waals surface area contributed by atoms with Gasteiger partial charge in [-0.25, -0.2) is 4.99 Å². The van der Waals surface area contributed by atoms with E-state index in [2.05, 4.69) is 46.4 Å². The number of guanidine groups is 1. The Hall–Kier alpha value is -1.97. The van der Waals surface area contributed by atoms with Crippen LogP contribution >= 0.6 is 24.0 Å². The molecule has 0 radical (unpaired) electrons. The van der Waals surface area contributed by atoms with Gasteiger partial charge in [0.1, 0.15) is 0 Å². The third-order valence-corrected chi connectivity index (χ3v) is 5.56. The zero-order valence-corrected chi connectivity index (χ0v) is 22.1. The first kappa shape index (κ1) is 26.3. The number of rotatable bonds is 10. The number of hydrogen-bond acceptors (Lipinski definition) is 4. The Morgan fingerprint density at radius 2 is 2.00 bits per heavy atom. The quantitative estimate of drug-likeness (QED) is 0.194. The molecule has 1 fully saturated rings. The van der Waals surface area contributed by atoms with Gasteiger partial charge in [-0.3, -0.25) is 4.68 Å². The number of ether oxygens (including phenoxy) is 2. The van der Waals surface area contributed by atoms with Gasteiger partial charge in [-0.05, 0) is 65.0 Å². The van der Waals surface area contributed by atoms with Crippen LogP contribution in [0.5, 0.6) is 11.5 Å². The first-order valence-electron chi connectivity index (χ1n) is 11.5. The highest BCUT2D eigenvalue weighted by molar-refractivity contribution is 14.0. The van der Waals surface area contributed by atoms with Crippen molar-refractivity contribution in [2.24, 2.45) is 4.99 Å². The number of nitrogens with zero attached hydrogens (tertiary/aromatic N) is 3. The highest BCUT2D eigenvalue weighted by atomic mass is 127. The molecule has 8 heteroatoms. The Labute approximate surface area is 209 Å². The van der Waals surface area contributed by atoms with E-state index in [1.807, 2.05) is 19.1 Å². The fourth-order valence-corrected chi connectivity index (χ4v) is 4.00. The Balaban J connectivity index is 0.00000363. The van der Waals surface area contributed by atoms with Crippen molar-refractivity contribution in [2.45, 2.75) is 72.1 Å². The van der Waals surface area contributed by atoms with Crippen LogP contribution < -0.4 is 20.1 Å². The van der Waals surface area contributed by atoms with Crippen molar-refractivity contribution in [3.05, 3.63) is 41.2 Å². The molecule has 0 aliphatic heterocycles. The highest BCUT2D eigenvalue weighted by Crippen LogP contribution is 2.35. The molecule has 0 unspecified atom stereocenters. The largest absolute Gasteiger partial charge is 0.493 e. The van der Waals surface area contributed by atoms with E-state index < -0.39 is 0 Å². The van der Waals surface area contributed by atoms with Crippen molar-refractivity contribution in [1.29, 1.82) is 0 Å². The first-order chi connectivity index (χ1) is 15.1. The summed E-state index contributed by atoms with van der Waals surface area (Å²) in [6.45, 7) is 9.26. The van der Waals surface area contributed by atoms with Crippen molar-refractivity contribution in [3.63, 3.8) is 0 Å². The summed E-state index contributed by atoms with van der Waals surface area (Å²) in [5.74, 6) is 2.42. The number of para-hydroxylation sites is 1. The fourth-order valence-electron chi connectivity index (χ4n) is 4.00. The van der Waals surface area contributed by atoms with Crippen LogP contribution in [0.3, 0.4) is 0 Å². The molecule has 1 heterocycles. The topological polar surface area (TPSA) is 72.7 Å². The lowest BCUT2D eigenvalue weighted by atomic mass is 10.1. The van der Waals surface area contributed by atoms with Crippen LogP contribution in [0.4, 0.5) is 0 Å². The van der Waals surface area contributed by atoms with Crippen LogP contribution in [0.15, 0.2) is 29.3 Å². The lowest BCUT2D eigenvalue weighted by Crippen LogP contribution is -2.38. The molecule has 2 N–H and O–H groups in total. The lowest BCUT2D eigenvalue weighted by Gasteiger charge is -2.19. The van der Waals surface area contributed by atoms with Gasteiger partial charge in [0.2, 0.25) is 0 Å². The highest BCUT2D eigenvalue weighted by Gasteiger charge is 2.20. The van der Waals surface area contributed by atoms with Crippen molar-refractivity contribution in [3.8, 4) is 11.5 Å². The zero-order valence-electron chi connectivity index (χ0n) is 19.8. The van der Waals surface area contributed by atoms with Gasteiger partial charge in [-0.2, -0.15) is 5.10 Å². The van der Waals surface area contributed by atoms with Gasteiger partial charge in [-0.15, -0.1) is 24.0 Å². The van der Waals surface area contributed by atoms with Crippen molar-refractivity contribution >= 4 is 29.9 Å².